The summed E-state index contributed by atoms with van der Waals surface area (Å²) in [6.07, 6.45) is 3.42. The molecule has 0 aliphatic carbocycles. The van der Waals surface area contributed by atoms with Gasteiger partial charge in [-0.3, -0.25) is 14.5 Å². The molecule has 1 fully saturated rings. The monoisotopic (exact) mass is 383 g/mol. The Bertz CT molecular complexity index is 907. The Morgan fingerprint density at radius 3 is 2.68 bits per heavy atom. The maximum Gasteiger partial charge on any atom is 0.275 e. The van der Waals surface area contributed by atoms with Crippen LogP contribution in [0.15, 0.2) is 28.9 Å². The van der Waals surface area contributed by atoms with Crippen molar-refractivity contribution in [2.24, 2.45) is 0 Å². The van der Waals surface area contributed by atoms with Gasteiger partial charge in [-0.15, -0.1) is 0 Å². The van der Waals surface area contributed by atoms with Crippen molar-refractivity contribution in [2.45, 2.75) is 45.6 Å². The first-order valence-corrected chi connectivity index (χ1v) is 9.64. The third-order valence-corrected chi connectivity index (χ3v) is 5.23. The lowest BCUT2D eigenvalue weighted by molar-refractivity contribution is -0.121. The van der Waals surface area contributed by atoms with Crippen molar-refractivity contribution in [3.63, 3.8) is 0 Å². The molecule has 0 atom stereocenters. The summed E-state index contributed by atoms with van der Waals surface area (Å²) in [6, 6.07) is 5.89. The molecular weight excluding hydrogens is 358 g/mol. The minimum absolute atomic E-state index is 0.0257. The lowest BCUT2D eigenvalue weighted by atomic mass is 9.86. The highest BCUT2D eigenvalue weighted by Crippen LogP contribution is 2.37. The maximum absolute atomic E-state index is 12.5. The number of carbonyl (C=O) groups excluding carboxylic acids is 2. The largest absolute Gasteiger partial charge is 0.482 e. The molecule has 2 amide bonds. The summed E-state index contributed by atoms with van der Waals surface area (Å²) < 4.78 is 11.1. The number of fused-ring (bicyclic) bond motifs is 1. The molecule has 28 heavy (non-hydrogen) atoms. The van der Waals surface area contributed by atoms with E-state index >= 15 is 0 Å². The summed E-state index contributed by atoms with van der Waals surface area (Å²) in [5, 5.41) is 0. The first kappa shape index (κ1) is 18.5. The summed E-state index contributed by atoms with van der Waals surface area (Å²) in [4.78, 5) is 32.7. The normalized spacial score (nSPS) is 16.9. The number of amides is 2. The Labute approximate surface area is 164 Å². The number of ether oxygens (including phenoxy) is 1. The molecule has 2 aliphatic heterocycles. The van der Waals surface area contributed by atoms with Gasteiger partial charge in [0.2, 0.25) is 5.89 Å². The van der Waals surface area contributed by atoms with E-state index in [1.807, 2.05) is 18.2 Å². The number of aromatic nitrogens is 1. The summed E-state index contributed by atoms with van der Waals surface area (Å²) in [6.45, 7) is 8.01. The van der Waals surface area contributed by atoms with Crippen molar-refractivity contribution in [1.29, 1.82) is 0 Å². The molecule has 2 aromatic rings. The second kappa shape index (κ2) is 6.96. The Kier molecular flexibility index (Phi) is 4.61. The van der Waals surface area contributed by atoms with Crippen LogP contribution in [0.25, 0.3) is 0 Å². The minimum atomic E-state index is -0.163. The molecule has 2 aliphatic rings. The van der Waals surface area contributed by atoms with Crippen molar-refractivity contribution in [3.05, 3.63) is 41.6 Å². The van der Waals surface area contributed by atoms with E-state index in [1.165, 1.54) is 6.26 Å². The Hall–Kier alpha value is -2.83. The van der Waals surface area contributed by atoms with E-state index in [-0.39, 0.29) is 30.4 Å². The van der Waals surface area contributed by atoms with Gasteiger partial charge >= 0.3 is 0 Å². The fraction of sp³-hybridized carbons (Fsp3) is 0.476. The highest BCUT2D eigenvalue weighted by molar-refractivity contribution is 5.98. The zero-order chi connectivity index (χ0) is 19.9. The SMILES string of the molecule is CC(C)(C)c1ccc2c(c1)N(Cc1nc(C(=O)N3CCCC3)co1)C(=O)CO2. The molecule has 0 bridgehead atoms. The fourth-order valence-corrected chi connectivity index (χ4v) is 3.54. The number of hydrogen-bond donors (Lipinski definition) is 0. The van der Waals surface area contributed by atoms with E-state index in [0.29, 0.717) is 23.0 Å². The standard InChI is InChI=1S/C21H25N3O4/c1-21(2,3)14-6-7-17-16(10-14)24(19(25)13-27-17)11-18-22-15(12-28-18)20(26)23-8-4-5-9-23/h6-7,10,12H,4-5,8-9,11,13H2,1-3H3. The zero-order valence-electron chi connectivity index (χ0n) is 16.5. The molecule has 3 heterocycles. The van der Waals surface area contributed by atoms with Gasteiger partial charge < -0.3 is 14.1 Å². The third-order valence-electron chi connectivity index (χ3n) is 5.23. The molecule has 7 heteroatoms. The van der Waals surface area contributed by atoms with Gasteiger partial charge in [0.05, 0.1) is 5.69 Å². The number of nitrogens with zero attached hydrogens (tertiary/aromatic N) is 3. The molecule has 0 radical (unpaired) electrons. The number of anilines is 1. The lowest BCUT2D eigenvalue weighted by Crippen LogP contribution is -2.38. The van der Waals surface area contributed by atoms with E-state index in [4.69, 9.17) is 9.15 Å². The number of likely N-dealkylation sites (tertiary alicyclic amines) is 1. The van der Waals surface area contributed by atoms with Crippen LogP contribution in [0.1, 0.15) is 55.6 Å². The number of rotatable bonds is 3. The van der Waals surface area contributed by atoms with Crippen LogP contribution in [0.4, 0.5) is 5.69 Å². The number of carbonyl (C=O) groups is 2. The van der Waals surface area contributed by atoms with E-state index in [2.05, 4.69) is 25.8 Å². The predicted molar refractivity (Wildman–Crippen MR) is 103 cm³/mol. The van der Waals surface area contributed by atoms with Gasteiger partial charge in [0.15, 0.2) is 12.3 Å². The van der Waals surface area contributed by atoms with Crippen molar-refractivity contribution < 1.29 is 18.7 Å². The third kappa shape index (κ3) is 3.48. The maximum atomic E-state index is 12.5. The van der Waals surface area contributed by atoms with Crippen LogP contribution in [0.3, 0.4) is 0 Å². The van der Waals surface area contributed by atoms with Crippen LogP contribution in [0, 0.1) is 0 Å². The zero-order valence-corrected chi connectivity index (χ0v) is 16.5. The second-order valence-corrected chi connectivity index (χ2v) is 8.33. The smallest absolute Gasteiger partial charge is 0.275 e. The molecule has 1 saturated heterocycles. The van der Waals surface area contributed by atoms with Gasteiger partial charge in [-0.2, -0.15) is 0 Å². The van der Waals surface area contributed by atoms with Crippen LogP contribution < -0.4 is 9.64 Å². The van der Waals surface area contributed by atoms with E-state index < -0.39 is 0 Å². The molecule has 0 N–H and O–H groups in total. The molecule has 7 nitrogen and oxygen atoms in total. The predicted octanol–water partition coefficient (Wildman–Crippen LogP) is 3.13. The quantitative estimate of drug-likeness (QED) is 0.814. The fourth-order valence-electron chi connectivity index (χ4n) is 3.54. The molecule has 148 valence electrons. The summed E-state index contributed by atoms with van der Waals surface area (Å²) in [5.74, 6) is 0.720. The summed E-state index contributed by atoms with van der Waals surface area (Å²) >= 11 is 0. The van der Waals surface area contributed by atoms with E-state index in [1.54, 1.807) is 9.80 Å². The number of oxazole rings is 1. The van der Waals surface area contributed by atoms with Crippen LogP contribution >= 0.6 is 0 Å². The minimum Gasteiger partial charge on any atom is -0.482 e. The summed E-state index contributed by atoms with van der Waals surface area (Å²) in [5.41, 5.74) is 2.04. The van der Waals surface area contributed by atoms with E-state index in [9.17, 15) is 9.59 Å². The van der Waals surface area contributed by atoms with Crippen molar-refractivity contribution in [3.8, 4) is 5.75 Å². The summed E-state index contributed by atoms with van der Waals surface area (Å²) in [7, 11) is 0. The topological polar surface area (TPSA) is 75.9 Å². The molecule has 1 aromatic carbocycles. The van der Waals surface area contributed by atoms with Gasteiger partial charge in [-0.05, 0) is 36.0 Å². The van der Waals surface area contributed by atoms with Crippen LogP contribution in [-0.4, -0.2) is 41.4 Å². The molecule has 0 saturated carbocycles. The van der Waals surface area contributed by atoms with Crippen LogP contribution in [-0.2, 0) is 16.8 Å². The van der Waals surface area contributed by atoms with Gasteiger partial charge in [0.25, 0.3) is 11.8 Å². The van der Waals surface area contributed by atoms with Gasteiger partial charge in [-0.1, -0.05) is 26.8 Å². The van der Waals surface area contributed by atoms with Crippen LogP contribution in [0.2, 0.25) is 0 Å². The average Bonchev–Trinajstić information content (AvgIpc) is 3.34. The lowest BCUT2D eigenvalue weighted by Gasteiger charge is -2.30. The Morgan fingerprint density at radius 1 is 1.21 bits per heavy atom. The van der Waals surface area contributed by atoms with Gasteiger partial charge in [0, 0.05) is 13.1 Å². The van der Waals surface area contributed by atoms with Crippen molar-refractivity contribution >= 4 is 17.5 Å². The highest BCUT2D eigenvalue weighted by Gasteiger charge is 2.29. The Morgan fingerprint density at radius 2 is 1.96 bits per heavy atom. The molecule has 0 spiro atoms. The number of hydrogen-bond acceptors (Lipinski definition) is 5. The van der Waals surface area contributed by atoms with Gasteiger partial charge in [-0.25, -0.2) is 4.98 Å². The molecule has 1 aromatic heterocycles. The molecule has 4 rings (SSSR count). The second-order valence-electron chi connectivity index (χ2n) is 8.33. The number of benzene rings is 1. The Balaban J connectivity index is 1.58. The first-order chi connectivity index (χ1) is 13.3. The van der Waals surface area contributed by atoms with Crippen LogP contribution in [0.5, 0.6) is 5.75 Å². The average molecular weight is 383 g/mol. The first-order valence-electron chi connectivity index (χ1n) is 9.64. The van der Waals surface area contributed by atoms with E-state index in [0.717, 1.165) is 31.5 Å². The molecule has 0 unspecified atom stereocenters. The molecular formula is C21H25N3O4. The highest BCUT2D eigenvalue weighted by atomic mass is 16.5. The van der Waals surface area contributed by atoms with Gasteiger partial charge in [0.1, 0.15) is 18.6 Å². The van der Waals surface area contributed by atoms with Crippen molar-refractivity contribution in [1.82, 2.24) is 9.88 Å². The van der Waals surface area contributed by atoms with Crippen molar-refractivity contribution in [2.75, 3.05) is 24.6 Å².